The minimum atomic E-state index is -1.55. The van der Waals surface area contributed by atoms with Crippen LogP contribution < -0.4 is 0 Å². The summed E-state index contributed by atoms with van der Waals surface area (Å²) in [7, 11) is -1.55. The summed E-state index contributed by atoms with van der Waals surface area (Å²) in [6, 6.07) is 0. The highest BCUT2D eigenvalue weighted by molar-refractivity contribution is 6.69. The molecule has 0 aromatic carbocycles. The van der Waals surface area contributed by atoms with Gasteiger partial charge in [0.25, 0.3) is 0 Å². The lowest BCUT2D eigenvalue weighted by atomic mass is 9.79. The van der Waals surface area contributed by atoms with Gasteiger partial charge >= 0.3 is 0 Å². The van der Waals surface area contributed by atoms with E-state index in [1.165, 1.54) is 5.57 Å². The SMILES string of the molecule is C=C1[C@H](C(C)(C)O[Si](C)(C)C)CC[C@]1(C)CO. The third kappa shape index (κ3) is 3.21. The van der Waals surface area contributed by atoms with Crippen LogP contribution in [0.25, 0.3) is 0 Å². The first-order valence-electron chi connectivity index (χ1n) is 6.52. The minimum absolute atomic E-state index is 0.106. The Kier molecular flexibility index (Phi) is 3.97. The van der Waals surface area contributed by atoms with Crippen LogP contribution in [0, 0.1) is 11.3 Å². The van der Waals surface area contributed by atoms with Crippen LogP contribution in [0.2, 0.25) is 19.6 Å². The van der Waals surface area contributed by atoms with E-state index in [-0.39, 0.29) is 17.6 Å². The van der Waals surface area contributed by atoms with Crippen molar-refractivity contribution in [3.63, 3.8) is 0 Å². The maximum absolute atomic E-state index is 9.52. The molecule has 2 atom stereocenters. The summed E-state index contributed by atoms with van der Waals surface area (Å²) >= 11 is 0. The van der Waals surface area contributed by atoms with Crippen molar-refractivity contribution in [2.75, 3.05) is 6.61 Å². The first-order valence-corrected chi connectivity index (χ1v) is 9.93. The van der Waals surface area contributed by atoms with E-state index in [0.717, 1.165) is 12.8 Å². The van der Waals surface area contributed by atoms with Crippen molar-refractivity contribution in [3.8, 4) is 0 Å². The molecule has 1 fully saturated rings. The van der Waals surface area contributed by atoms with Crippen LogP contribution in [0.1, 0.15) is 33.6 Å². The second-order valence-electron chi connectivity index (χ2n) is 7.15. The lowest BCUT2D eigenvalue weighted by molar-refractivity contribution is 0.0526. The maximum Gasteiger partial charge on any atom is 0.184 e. The first kappa shape index (κ1) is 14.9. The molecule has 0 radical (unpaired) electrons. The molecule has 1 saturated carbocycles. The van der Waals surface area contributed by atoms with Crippen molar-refractivity contribution in [3.05, 3.63) is 12.2 Å². The molecule has 0 aromatic rings. The normalized spacial score (nSPS) is 31.0. The van der Waals surface area contributed by atoms with Gasteiger partial charge in [0.2, 0.25) is 0 Å². The zero-order chi connectivity index (χ0) is 13.5. The van der Waals surface area contributed by atoms with Gasteiger partial charge in [0, 0.05) is 11.3 Å². The molecule has 0 heterocycles. The average Bonchev–Trinajstić information content (AvgIpc) is 2.41. The van der Waals surface area contributed by atoms with Gasteiger partial charge in [-0.25, -0.2) is 0 Å². The minimum Gasteiger partial charge on any atom is -0.412 e. The van der Waals surface area contributed by atoms with Gasteiger partial charge in [-0.15, -0.1) is 0 Å². The Morgan fingerprint density at radius 2 is 2.00 bits per heavy atom. The van der Waals surface area contributed by atoms with E-state index in [9.17, 15) is 5.11 Å². The Balaban J connectivity index is 2.85. The van der Waals surface area contributed by atoms with E-state index < -0.39 is 8.32 Å². The van der Waals surface area contributed by atoms with Crippen molar-refractivity contribution in [1.29, 1.82) is 0 Å². The molecule has 1 rings (SSSR count). The fourth-order valence-electron chi connectivity index (χ4n) is 3.03. The first-order chi connectivity index (χ1) is 7.52. The average molecular weight is 256 g/mol. The van der Waals surface area contributed by atoms with E-state index in [2.05, 4.69) is 47.0 Å². The molecule has 1 N–H and O–H groups in total. The Bertz CT molecular complexity index is 304. The largest absolute Gasteiger partial charge is 0.412 e. The Morgan fingerprint density at radius 1 is 1.47 bits per heavy atom. The molecule has 0 aromatic heterocycles. The third-order valence-electron chi connectivity index (χ3n) is 3.94. The number of hydrogen-bond acceptors (Lipinski definition) is 2. The fourth-order valence-corrected chi connectivity index (χ4v) is 4.75. The summed E-state index contributed by atoms with van der Waals surface area (Å²) < 4.78 is 6.31. The highest BCUT2D eigenvalue weighted by atomic mass is 28.4. The van der Waals surface area contributed by atoms with Gasteiger partial charge in [-0.05, 0) is 46.3 Å². The van der Waals surface area contributed by atoms with Crippen LogP contribution in [-0.2, 0) is 4.43 Å². The van der Waals surface area contributed by atoms with E-state index in [1.54, 1.807) is 0 Å². The van der Waals surface area contributed by atoms with Gasteiger partial charge in [0.05, 0.1) is 12.2 Å². The second-order valence-corrected chi connectivity index (χ2v) is 11.6. The maximum atomic E-state index is 9.52. The van der Waals surface area contributed by atoms with Crippen LogP contribution in [0.15, 0.2) is 12.2 Å². The summed E-state index contributed by atoms with van der Waals surface area (Å²) in [5.74, 6) is 0.367. The molecule has 0 aliphatic heterocycles. The molecule has 3 heteroatoms. The molecule has 0 amide bonds. The topological polar surface area (TPSA) is 29.5 Å². The van der Waals surface area contributed by atoms with Crippen LogP contribution >= 0.6 is 0 Å². The number of hydrogen-bond donors (Lipinski definition) is 1. The van der Waals surface area contributed by atoms with Gasteiger partial charge in [-0.3, -0.25) is 0 Å². The van der Waals surface area contributed by atoms with E-state index in [4.69, 9.17) is 4.43 Å². The van der Waals surface area contributed by atoms with Crippen LogP contribution in [0.3, 0.4) is 0 Å². The Labute approximate surface area is 107 Å². The lowest BCUT2D eigenvalue weighted by Crippen LogP contribution is -2.44. The van der Waals surface area contributed by atoms with Crippen LogP contribution in [0.4, 0.5) is 0 Å². The standard InChI is InChI=1S/C14H28O2Si/c1-11-12(8-9-14(11,4)10-15)13(2,3)16-17(5,6)7/h12,15H,1,8-10H2,2-7H3/t12-,14-/m1/s1. The van der Waals surface area contributed by atoms with Crippen LogP contribution in [-0.4, -0.2) is 25.6 Å². The number of aliphatic hydroxyl groups excluding tert-OH is 1. The van der Waals surface area contributed by atoms with Crippen molar-refractivity contribution < 1.29 is 9.53 Å². The van der Waals surface area contributed by atoms with Gasteiger partial charge in [0.15, 0.2) is 8.32 Å². The Hall–Kier alpha value is -0.123. The molecule has 0 saturated heterocycles. The number of rotatable bonds is 4. The lowest BCUT2D eigenvalue weighted by Gasteiger charge is -2.39. The highest BCUT2D eigenvalue weighted by Gasteiger charge is 2.46. The van der Waals surface area contributed by atoms with Crippen molar-refractivity contribution >= 4 is 8.32 Å². The van der Waals surface area contributed by atoms with Gasteiger partial charge in [0.1, 0.15) is 0 Å². The van der Waals surface area contributed by atoms with E-state index in [0.29, 0.717) is 5.92 Å². The summed E-state index contributed by atoms with van der Waals surface area (Å²) in [4.78, 5) is 0. The molecule has 1 aliphatic carbocycles. The molecule has 2 nitrogen and oxygen atoms in total. The fraction of sp³-hybridized carbons (Fsp3) is 0.857. The van der Waals surface area contributed by atoms with Gasteiger partial charge in [-0.2, -0.15) is 0 Å². The molecule has 17 heavy (non-hydrogen) atoms. The molecule has 0 spiro atoms. The zero-order valence-corrected chi connectivity index (χ0v) is 13.3. The van der Waals surface area contributed by atoms with Crippen molar-refractivity contribution in [1.82, 2.24) is 0 Å². The van der Waals surface area contributed by atoms with Gasteiger partial charge < -0.3 is 9.53 Å². The van der Waals surface area contributed by atoms with E-state index in [1.807, 2.05) is 0 Å². The molecule has 1 aliphatic rings. The molecule has 100 valence electrons. The molecule has 0 unspecified atom stereocenters. The van der Waals surface area contributed by atoms with Gasteiger partial charge in [-0.1, -0.05) is 19.1 Å². The summed E-state index contributed by atoms with van der Waals surface area (Å²) in [5, 5.41) is 9.52. The summed E-state index contributed by atoms with van der Waals surface area (Å²) in [6.45, 7) is 17.5. The van der Waals surface area contributed by atoms with Crippen LogP contribution in [0.5, 0.6) is 0 Å². The Morgan fingerprint density at radius 3 is 2.35 bits per heavy atom. The second kappa shape index (κ2) is 4.52. The van der Waals surface area contributed by atoms with E-state index >= 15 is 0 Å². The smallest absolute Gasteiger partial charge is 0.184 e. The quantitative estimate of drug-likeness (QED) is 0.615. The zero-order valence-electron chi connectivity index (χ0n) is 12.3. The van der Waals surface area contributed by atoms with Crippen molar-refractivity contribution in [2.24, 2.45) is 11.3 Å². The molecular formula is C14H28O2Si. The molecular weight excluding hydrogens is 228 g/mol. The monoisotopic (exact) mass is 256 g/mol. The predicted octanol–water partition coefficient (Wildman–Crippen LogP) is 3.58. The molecule has 0 bridgehead atoms. The van der Waals surface area contributed by atoms with Crippen molar-refractivity contribution in [2.45, 2.75) is 58.9 Å². The number of aliphatic hydroxyl groups is 1. The predicted molar refractivity (Wildman–Crippen MR) is 75.6 cm³/mol. The highest BCUT2D eigenvalue weighted by Crippen LogP contribution is 2.50. The summed E-state index contributed by atoms with van der Waals surface area (Å²) in [6.07, 6.45) is 2.10. The summed E-state index contributed by atoms with van der Waals surface area (Å²) in [5.41, 5.74) is 0.905. The third-order valence-corrected chi connectivity index (χ3v) is 5.08.